The van der Waals surface area contributed by atoms with Crippen LogP contribution >= 0.6 is 0 Å². The molecule has 1 fully saturated rings. The molecule has 17 heavy (non-hydrogen) atoms. The fraction of sp³-hybridized carbons (Fsp3) is 0.538. The van der Waals surface area contributed by atoms with Gasteiger partial charge in [0.25, 0.3) is 0 Å². The fourth-order valence-corrected chi connectivity index (χ4v) is 2.24. The van der Waals surface area contributed by atoms with Crippen molar-refractivity contribution in [1.82, 2.24) is 0 Å². The smallest absolute Gasteiger partial charge is 0.0990 e. The molecular formula is C13H19NO3. The molecule has 1 heterocycles. The Morgan fingerprint density at radius 2 is 1.82 bits per heavy atom. The molecule has 1 aliphatic heterocycles. The van der Waals surface area contributed by atoms with Crippen molar-refractivity contribution in [1.29, 1.82) is 0 Å². The molecule has 0 amide bonds. The first-order valence-corrected chi connectivity index (χ1v) is 6.01. The van der Waals surface area contributed by atoms with Crippen LogP contribution in [0, 0.1) is 0 Å². The normalized spacial score (nSPS) is 26.2. The van der Waals surface area contributed by atoms with E-state index in [1.165, 1.54) is 0 Å². The molecule has 1 aromatic rings. The fourth-order valence-electron chi connectivity index (χ4n) is 2.24. The van der Waals surface area contributed by atoms with Crippen LogP contribution in [0.3, 0.4) is 0 Å². The molecule has 0 aromatic heterocycles. The summed E-state index contributed by atoms with van der Waals surface area (Å²) in [7, 11) is 0. The number of para-hydroxylation sites is 1. The summed E-state index contributed by atoms with van der Waals surface area (Å²) in [5, 5.41) is 29.1. The molecule has 0 radical (unpaired) electrons. The lowest BCUT2D eigenvalue weighted by atomic mass is 10.0. The van der Waals surface area contributed by atoms with Gasteiger partial charge < -0.3 is 20.2 Å². The third-order valence-electron chi connectivity index (χ3n) is 3.28. The molecule has 0 aliphatic carbocycles. The summed E-state index contributed by atoms with van der Waals surface area (Å²) in [4.78, 5) is 1.92. The van der Waals surface area contributed by atoms with Crippen LogP contribution in [0.2, 0.25) is 0 Å². The van der Waals surface area contributed by atoms with Gasteiger partial charge in [0.15, 0.2) is 0 Å². The van der Waals surface area contributed by atoms with Gasteiger partial charge in [-0.2, -0.15) is 0 Å². The molecule has 0 spiro atoms. The molecule has 3 N–H and O–H groups in total. The number of benzene rings is 1. The monoisotopic (exact) mass is 237 g/mol. The maximum absolute atomic E-state index is 9.95. The van der Waals surface area contributed by atoms with Crippen LogP contribution in [-0.4, -0.2) is 40.6 Å². The largest absolute Gasteiger partial charge is 0.389 e. The molecule has 4 nitrogen and oxygen atoms in total. The third kappa shape index (κ3) is 2.44. The minimum absolute atomic E-state index is 0.411. The maximum atomic E-state index is 9.95. The summed E-state index contributed by atoms with van der Waals surface area (Å²) >= 11 is 0. The molecule has 4 heteroatoms. The van der Waals surface area contributed by atoms with Crippen molar-refractivity contribution in [3.05, 3.63) is 29.8 Å². The van der Waals surface area contributed by atoms with Crippen LogP contribution in [0.4, 0.5) is 5.69 Å². The highest BCUT2D eigenvalue weighted by Crippen LogP contribution is 2.30. The maximum Gasteiger partial charge on any atom is 0.0990 e. The summed E-state index contributed by atoms with van der Waals surface area (Å²) in [6.07, 6.45) is -1.26. The molecule has 94 valence electrons. The van der Waals surface area contributed by atoms with E-state index in [1.54, 1.807) is 0 Å². The average molecular weight is 237 g/mol. The first-order valence-electron chi connectivity index (χ1n) is 6.01. The Bertz CT molecular complexity index is 373. The molecule has 3 unspecified atom stereocenters. The second-order valence-electron chi connectivity index (χ2n) is 4.52. The van der Waals surface area contributed by atoms with E-state index in [4.69, 9.17) is 0 Å². The Hall–Kier alpha value is -1.10. The second kappa shape index (κ2) is 5.04. The van der Waals surface area contributed by atoms with E-state index in [0.29, 0.717) is 19.5 Å². The average Bonchev–Trinajstić information content (AvgIpc) is 2.68. The molecule has 1 saturated heterocycles. The van der Waals surface area contributed by atoms with Gasteiger partial charge in [-0.1, -0.05) is 25.1 Å². The van der Waals surface area contributed by atoms with Crippen molar-refractivity contribution in [3.63, 3.8) is 0 Å². The number of aliphatic hydroxyl groups excluding tert-OH is 3. The van der Waals surface area contributed by atoms with Gasteiger partial charge in [0, 0.05) is 24.3 Å². The summed E-state index contributed by atoms with van der Waals surface area (Å²) in [5.41, 5.74) is 1.76. The van der Waals surface area contributed by atoms with Crippen molar-refractivity contribution in [3.8, 4) is 0 Å². The van der Waals surface area contributed by atoms with Crippen LogP contribution < -0.4 is 4.90 Å². The van der Waals surface area contributed by atoms with E-state index in [1.807, 2.05) is 36.1 Å². The van der Waals surface area contributed by atoms with Crippen LogP contribution in [0.15, 0.2) is 24.3 Å². The van der Waals surface area contributed by atoms with E-state index in [-0.39, 0.29) is 0 Å². The molecule has 1 aromatic carbocycles. The first kappa shape index (κ1) is 12.4. The lowest BCUT2D eigenvalue weighted by Gasteiger charge is -2.23. The van der Waals surface area contributed by atoms with Crippen LogP contribution in [0.5, 0.6) is 0 Å². The zero-order chi connectivity index (χ0) is 12.4. The Labute approximate surface area is 101 Å². The van der Waals surface area contributed by atoms with E-state index >= 15 is 0 Å². The van der Waals surface area contributed by atoms with Gasteiger partial charge in [-0.25, -0.2) is 0 Å². The zero-order valence-corrected chi connectivity index (χ0v) is 9.95. The number of hydrogen-bond donors (Lipinski definition) is 3. The number of aliphatic hydroxyl groups is 3. The zero-order valence-electron chi connectivity index (χ0n) is 9.95. The number of anilines is 1. The van der Waals surface area contributed by atoms with Crippen molar-refractivity contribution in [2.45, 2.75) is 31.7 Å². The van der Waals surface area contributed by atoms with Gasteiger partial charge in [0.1, 0.15) is 0 Å². The van der Waals surface area contributed by atoms with E-state index < -0.39 is 18.3 Å². The number of hydrogen-bond acceptors (Lipinski definition) is 4. The van der Waals surface area contributed by atoms with E-state index in [0.717, 1.165) is 11.3 Å². The molecule has 0 saturated carbocycles. The van der Waals surface area contributed by atoms with Crippen LogP contribution in [-0.2, 0) is 0 Å². The highest BCUT2D eigenvalue weighted by Gasteiger charge is 2.31. The predicted molar refractivity (Wildman–Crippen MR) is 65.9 cm³/mol. The quantitative estimate of drug-likeness (QED) is 0.723. The number of rotatable bonds is 3. The summed E-state index contributed by atoms with van der Waals surface area (Å²) < 4.78 is 0. The van der Waals surface area contributed by atoms with Crippen LogP contribution in [0.1, 0.15) is 25.0 Å². The topological polar surface area (TPSA) is 63.9 Å². The molecular weight excluding hydrogens is 218 g/mol. The van der Waals surface area contributed by atoms with Gasteiger partial charge in [-0.05, 0) is 12.5 Å². The minimum Gasteiger partial charge on any atom is -0.389 e. The van der Waals surface area contributed by atoms with Gasteiger partial charge in [0.05, 0.1) is 18.3 Å². The Balaban J connectivity index is 2.26. The Morgan fingerprint density at radius 3 is 2.41 bits per heavy atom. The summed E-state index contributed by atoms with van der Waals surface area (Å²) in [6.45, 7) is 2.75. The van der Waals surface area contributed by atoms with Crippen molar-refractivity contribution in [2.24, 2.45) is 0 Å². The highest BCUT2D eigenvalue weighted by atomic mass is 16.3. The van der Waals surface area contributed by atoms with Crippen molar-refractivity contribution in [2.75, 3.05) is 18.0 Å². The minimum atomic E-state index is -0.707. The molecule has 3 atom stereocenters. The lowest BCUT2D eigenvalue weighted by molar-refractivity contribution is 0.0572. The second-order valence-corrected chi connectivity index (χ2v) is 4.52. The van der Waals surface area contributed by atoms with Gasteiger partial charge >= 0.3 is 0 Å². The highest BCUT2D eigenvalue weighted by molar-refractivity contribution is 5.55. The van der Waals surface area contributed by atoms with E-state index in [9.17, 15) is 15.3 Å². The van der Waals surface area contributed by atoms with Crippen molar-refractivity contribution < 1.29 is 15.3 Å². The standard InChI is InChI=1S/C13H19NO3/c1-2-11(15)9-5-3-4-6-10(9)14-7-12(16)13(17)8-14/h3-6,11-13,15-17H,2,7-8H2,1H3. The molecule has 1 aliphatic rings. The van der Waals surface area contributed by atoms with E-state index in [2.05, 4.69) is 0 Å². The van der Waals surface area contributed by atoms with Crippen LogP contribution in [0.25, 0.3) is 0 Å². The van der Waals surface area contributed by atoms with Gasteiger partial charge in [0.2, 0.25) is 0 Å². The van der Waals surface area contributed by atoms with Gasteiger partial charge in [-0.3, -0.25) is 0 Å². The number of nitrogens with zero attached hydrogens (tertiary/aromatic N) is 1. The number of β-amino-alcohol motifs (C(OH)–C–C–N with tert-alkyl or cyclic N) is 2. The third-order valence-corrected chi connectivity index (χ3v) is 3.28. The summed E-state index contributed by atoms with van der Waals surface area (Å²) in [6, 6.07) is 7.60. The Morgan fingerprint density at radius 1 is 1.24 bits per heavy atom. The molecule has 0 bridgehead atoms. The van der Waals surface area contributed by atoms with Gasteiger partial charge in [-0.15, -0.1) is 0 Å². The SMILES string of the molecule is CCC(O)c1ccccc1N1CC(O)C(O)C1. The summed E-state index contributed by atoms with van der Waals surface area (Å²) in [5.74, 6) is 0. The Kier molecular flexibility index (Phi) is 3.66. The predicted octanol–water partition coefficient (Wildman–Crippen LogP) is 0.672. The molecule has 2 rings (SSSR count). The lowest BCUT2D eigenvalue weighted by Crippen LogP contribution is -2.23. The first-order chi connectivity index (χ1) is 8.13. The van der Waals surface area contributed by atoms with Crippen molar-refractivity contribution >= 4 is 5.69 Å².